The molecule has 0 saturated heterocycles. The van der Waals surface area contributed by atoms with Crippen molar-refractivity contribution in [3.63, 3.8) is 0 Å². The molecule has 1 aromatic carbocycles. The number of hydrogen-bond acceptors (Lipinski definition) is 3. The van der Waals surface area contributed by atoms with Crippen LogP contribution in [0.15, 0.2) is 10.5 Å². The van der Waals surface area contributed by atoms with Crippen molar-refractivity contribution >= 4 is 33.3 Å². The van der Waals surface area contributed by atoms with Crippen molar-refractivity contribution in [3.8, 4) is 5.75 Å². The molecule has 5 heteroatoms. The van der Waals surface area contributed by atoms with E-state index in [0.29, 0.717) is 33.6 Å². The number of methoxy groups -OCH3 is 1. The van der Waals surface area contributed by atoms with Crippen molar-refractivity contribution in [1.82, 2.24) is 0 Å². The largest absolute Gasteiger partial charge is 0.466 e. The molecule has 3 nitrogen and oxygen atoms in total. The van der Waals surface area contributed by atoms with Crippen LogP contribution in [-0.2, 0) is 11.2 Å². The minimum absolute atomic E-state index is 0.0734. The molecule has 0 aliphatic heterocycles. The molecule has 0 atom stereocenters. The molecule has 1 aromatic rings. The second kappa shape index (κ2) is 4.73. The van der Waals surface area contributed by atoms with Crippen LogP contribution in [0.1, 0.15) is 22.3 Å². The van der Waals surface area contributed by atoms with Crippen LogP contribution >= 0.6 is 27.5 Å². The fourth-order valence-electron chi connectivity index (χ4n) is 1.80. The second-order valence-electron chi connectivity index (χ2n) is 3.50. The fourth-order valence-corrected chi connectivity index (χ4v) is 2.77. The smallest absolute Gasteiger partial charge is 0.188 e. The monoisotopic (exact) mass is 304 g/mol. The molecule has 0 saturated carbocycles. The van der Waals surface area contributed by atoms with Gasteiger partial charge in [-0.15, -0.1) is 0 Å². The third-order valence-electron chi connectivity index (χ3n) is 2.49. The number of carbonyl (C=O) groups excluding carboxylic acids is 1. The Morgan fingerprint density at radius 1 is 1.50 bits per heavy atom. The predicted molar refractivity (Wildman–Crippen MR) is 64.3 cm³/mol. The van der Waals surface area contributed by atoms with Crippen LogP contribution in [0.4, 0.5) is 0 Å². The molecule has 0 radical (unpaired) electrons. The van der Waals surface area contributed by atoms with Crippen molar-refractivity contribution in [2.45, 2.75) is 12.8 Å². The Morgan fingerprint density at radius 3 is 2.94 bits per heavy atom. The van der Waals surface area contributed by atoms with Crippen LogP contribution in [0, 0.1) is 0 Å². The van der Waals surface area contributed by atoms with Crippen LogP contribution in [-0.4, -0.2) is 19.7 Å². The molecule has 0 amide bonds. The van der Waals surface area contributed by atoms with Crippen molar-refractivity contribution in [2.24, 2.45) is 0 Å². The number of fused-ring (bicyclic) bond motifs is 1. The number of ketones is 1. The molecule has 16 heavy (non-hydrogen) atoms. The maximum Gasteiger partial charge on any atom is 0.188 e. The summed E-state index contributed by atoms with van der Waals surface area (Å²) in [6.07, 6.45) is 1.18. The van der Waals surface area contributed by atoms with E-state index in [4.69, 9.17) is 21.1 Å². The van der Waals surface area contributed by atoms with Crippen molar-refractivity contribution in [1.29, 1.82) is 0 Å². The molecule has 0 unspecified atom stereocenters. The number of benzene rings is 1. The van der Waals surface area contributed by atoms with Gasteiger partial charge < -0.3 is 9.47 Å². The molecular formula is C11H10BrClO3. The van der Waals surface area contributed by atoms with Crippen molar-refractivity contribution in [3.05, 3.63) is 26.7 Å². The number of Topliss-reactive ketones (excluding diaryl/α,β-unsaturated/α-hetero) is 1. The normalized spacial score (nSPS) is 14.1. The van der Waals surface area contributed by atoms with Gasteiger partial charge in [-0.05, 0) is 34.0 Å². The molecule has 1 aliphatic carbocycles. The van der Waals surface area contributed by atoms with Gasteiger partial charge in [0.1, 0.15) is 5.75 Å². The summed E-state index contributed by atoms with van der Waals surface area (Å²) in [5.41, 5.74) is 1.47. The maximum atomic E-state index is 11.8. The minimum Gasteiger partial charge on any atom is -0.466 e. The van der Waals surface area contributed by atoms with Gasteiger partial charge in [-0.25, -0.2) is 0 Å². The van der Waals surface area contributed by atoms with Crippen molar-refractivity contribution in [2.75, 3.05) is 13.9 Å². The van der Waals surface area contributed by atoms with Gasteiger partial charge in [0.2, 0.25) is 0 Å². The summed E-state index contributed by atoms with van der Waals surface area (Å²) < 4.78 is 10.9. The lowest BCUT2D eigenvalue weighted by molar-refractivity contribution is 0.0498. The number of rotatable bonds is 3. The standard InChI is InChI=1S/C11H10BrClO3/c1-15-5-16-11-7(12)4-8(13)6-2-3-9(14)10(6)11/h4H,2-3,5H2,1H3. The highest BCUT2D eigenvalue weighted by atomic mass is 79.9. The van der Waals surface area contributed by atoms with Crippen LogP contribution < -0.4 is 4.74 Å². The highest BCUT2D eigenvalue weighted by Crippen LogP contribution is 2.41. The third kappa shape index (κ3) is 1.97. The van der Waals surface area contributed by atoms with E-state index >= 15 is 0 Å². The SMILES string of the molecule is COCOc1c(Br)cc(Cl)c2c1C(=O)CC2. The average Bonchev–Trinajstić information content (AvgIpc) is 2.61. The van der Waals surface area contributed by atoms with E-state index in [1.807, 2.05) is 0 Å². The fraction of sp³-hybridized carbons (Fsp3) is 0.364. The topological polar surface area (TPSA) is 35.5 Å². The first-order chi connectivity index (χ1) is 7.65. The Morgan fingerprint density at radius 2 is 2.25 bits per heavy atom. The quantitative estimate of drug-likeness (QED) is 0.804. The maximum absolute atomic E-state index is 11.8. The van der Waals surface area contributed by atoms with E-state index in [9.17, 15) is 4.79 Å². The summed E-state index contributed by atoms with van der Waals surface area (Å²) in [6, 6.07) is 1.75. The Labute approximate surface area is 107 Å². The minimum atomic E-state index is 0.0734. The van der Waals surface area contributed by atoms with Gasteiger partial charge in [-0.2, -0.15) is 0 Å². The first kappa shape index (κ1) is 11.9. The first-order valence-corrected chi connectivity index (χ1v) is 5.98. The lowest BCUT2D eigenvalue weighted by atomic mass is 10.1. The van der Waals surface area contributed by atoms with Crippen LogP contribution in [0.3, 0.4) is 0 Å². The molecule has 86 valence electrons. The molecule has 1 aliphatic rings. The van der Waals surface area contributed by atoms with E-state index in [-0.39, 0.29) is 12.6 Å². The van der Waals surface area contributed by atoms with E-state index < -0.39 is 0 Å². The van der Waals surface area contributed by atoms with Crippen LogP contribution in [0.2, 0.25) is 5.02 Å². The number of carbonyl (C=O) groups is 1. The van der Waals surface area contributed by atoms with E-state index in [2.05, 4.69) is 15.9 Å². The highest BCUT2D eigenvalue weighted by molar-refractivity contribution is 9.10. The molecule has 0 bridgehead atoms. The van der Waals surface area contributed by atoms with Gasteiger partial charge in [0.25, 0.3) is 0 Å². The number of ether oxygens (including phenoxy) is 2. The Balaban J connectivity index is 2.51. The van der Waals surface area contributed by atoms with Gasteiger partial charge in [-0.3, -0.25) is 4.79 Å². The Hall–Kier alpha value is -0.580. The molecule has 0 fully saturated rings. The summed E-state index contributed by atoms with van der Waals surface area (Å²) >= 11 is 9.42. The van der Waals surface area contributed by atoms with Gasteiger partial charge in [0.15, 0.2) is 12.6 Å². The lowest BCUT2D eigenvalue weighted by Crippen LogP contribution is -2.05. The molecular weight excluding hydrogens is 295 g/mol. The molecule has 0 N–H and O–H groups in total. The van der Waals surface area contributed by atoms with Gasteiger partial charge >= 0.3 is 0 Å². The van der Waals surface area contributed by atoms with Crippen molar-refractivity contribution < 1.29 is 14.3 Å². The highest BCUT2D eigenvalue weighted by Gasteiger charge is 2.28. The summed E-state index contributed by atoms with van der Waals surface area (Å²) in [5, 5.41) is 0.609. The zero-order chi connectivity index (χ0) is 11.7. The summed E-state index contributed by atoms with van der Waals surface area (Å²) in [4.78, 5) is 11.8. The van der Waals surface area contributed by atoms with E-state index in [0.717, 1.165) is 5.56 Å². The lowest BCUT2D eigenvalue weighted by Gasteiger charge is -2.12. The van der Waals surface area contributed by atoms with Crippen LogP contribution in [0.5, 0.6) is 5.75 Å². The van der Waals surface area contributed by atoms with Gasteiger partial charge in [0, 0.05) is 18.6 Å². The van der Waals surface area contributed by atoms with E-state index in [1.54, 1.807) is 6.07 Å². The number of halogens is 2. The number of hydrogen-bond donors (Lipinski definition) is 0. The zero-order valence-corrected chi connectivity index (χ0v) is 11.0. The molecule has 0 spiro atoms. The van der Waals surface area contributed by atoms with Gasteiger partial charge in [-0.1, -0.05) is 11.6 Å². The Bertz CT molecular complexity index is 445. The third-order valence-corrected chi connectivity index (χ3v) is 3.42. The predicted octanol–water partition coefficient (Wildman–Crippen LogP) is 3.21. The first-order valence-electron chi connectivity index (χ1n) is 4.81. The summed E-state index contributed by atoms with van der Waals surface area (Å²) in [5.74, 6) is 0.605. The zero-order valence-electron chi connectivity index (χ0n) is 8.68. The average molecular weight is 306 g/mol. The van der Waals surface area contributed by atoms with Gasteiger partial charge in [0.05, 0.1) is 10.0 Å². The van der Waals surface area contributed by atoms with E-state index in [1.165, 1.54) is 7.11 Å². The Kier molecular flexibility index (Phi) is 3.52. The summed E-state index contributed by atoms with van der Waals surface area (Å²) in [6.45, 7) is 0.111. The summed E-state index contributed by atoms with van der Waals surface area (Å²) in [7, 11) is 1.53. The second-order valence-corrected chi connectivity index (χ2v) is 4.76. The van der Waals surface area contributed by atoms with Crippen LogP contribution in [0.25, 0.3) is 0 Å². The molecule has 0 heterocycles. The molecule has 2 rings (SSSR count). The molecule has 0 aromatic heterocycles.